The van der Waals surface area contributed by atoms with Crippen molar-refractivity contribution in [2.24, 2.45) is 5.73 Å². The molecule has 1 aromatic heterocycles. The van der Waals surface area contributed by atoms with Gasteiger partial charge in [-0.05, 0) is 26.0 Å². The number of nitrogens with two attached hydrogens (primary N) is 1. The van der Waals surface area contributed by atoms with Crippen LogP contribution < -0.4 is 5.73 Å². The Hall–Kier alpha value is -1.35. The van der Waals surface area contributed by atoms with E-state index in [1.807, 2.05) is 30.9 Å². The Morgan fingerprint density at radius 3 is 3.11 bits per heavy atom. The number of hydrogen-bond donors (Lipinski definition) is 1. The number of thiophene rings is 1. The molecule has 1 fully saturated rings. The summed E-state index contributed by atoms with van der Waals surface area (Å²) in [5, 5.41) is 0. The van der Waals surface area contributed by atoms with Crippen LogP contribution >= 0.6 is 11.3 Å². The van der Waals surface area contributed by atoms with Gasteiger partial charge in [-0.25, -0.2) is 0 Å². The van der Waals surface area contributed by atoms with Crippen molar-refractivity contribution in [2.45, 2.75) is 26.0 Å². The summed E-state index contributed by atoms with van der Waals surface area (Å²) >= 11 is 1.42. The van der Waals surface area contributed by atoms with Crippen LogP contribution in [0.2, 0.25) is 0 Å². The quantitative estimate of drug-likeness (QED) is 0.788. The third-order valence-corrected chi connectivity index (χ3v) is 3.99. The molecule has 102 valence electrons. The zero-order valence-corrected chi connectivity index (χ0v) is 12.0. The van der Waals surface area contributed by atoms with E-state index in [0.29, 0.717) is 19.7 Å². The number of hydrogen-bond acceptors (Lipinski definition) is 4. The van der Waals surface area contributed by atoms with Crippen molar-refractivity contribution in [3.05, 3.63) is 21.9 Å². The fraction of sp³-hybridized carbons (Fsp3) is 0.500. The number of ether oxygens (including phenoxy) is 1. The van der Waals surface area contributed by atoms with E-state index in [-0.39, 0.29) is 18.1 Å². The van der Waals surface area contributed by atoms with Gasteiger partial charge in [-0.3, -0.25) is 4.79 Å². The van der Waals surface area contributed by atoms with E-state index in [4.69, 9.17) is 10.5 Å². The predicted octanol–water partition coefficient (Wildman–Crippen LogP) is 1.31. The van der Waals surface area contributed by atoms with Gasteiger partial charge in [0.1, 0.15) is 0 Å². The van der Waals surface area contributed by atoms with Crippen LogP contribution in [0.4, 0.5) is 0 Å². The summed E-state index contributed by atoms with van der Waals surface area (Å²) in [7, 11) is 0. The van der Waals surface area contributed by atoms with Gasteiger partial charge < -0.3 is 15.4 Å². The average Bonchev–Trinajstić information content (AvgIpc) is 2.87. The van der Waals surface area contributed by atoms with E-state index in [9.17, 15) is 4.79 Å². The zero-order chi connectivity index (χ0) is 13.8. The predicted molar refractivity (Wildman–Crippen MR) is 76.2 cm³/mol. The molecule has 0 bridgehead atoms. The van der Waals surface area contributed by atoms with Crippen molar-refractivity contribution >= 4 is 17.2 Å². The molecule has 2 rings (SSSR count). The summed E-state index contributed by atoms with van der Waals surface area (Å²) < 4.78 is 5.54. The molecule has 2 atom stereocenters. The van der Waals surface area contributed by atoms with Crippen molar-refractivity contribution in [2.75, 3.05) is 19.7 Å². The van der Waals surface area contributed by atoms with Crippen molar-refractivity contribution in [1.82, 2.24) is 4.90 Å². The maximum Gasteiger partial charge on any atom is 0.264 e. The molecule has 1 amide bonds. The Labute approximate surface area is 117 Å². The van der Waals surface area contributed by atoms with Crippen molar-refractivity contribution in [3.63, 3.8) is 0 Å². The highest BCUT2D eigenvalue weighted by Crippen LogP contribution is 2.21. The van der Waals surface area contributed by atoms with Gasteiger partial charge in [-0.2, -0.15) is 0 Å². The van der Waals surface area contributed by atoms with Crippen LogP contribution in [0.3, 0.4) is 0 Å². The monoisotopic (exact) mass is 278 g/mol. The largest absolute Gasteiger partial charge is 0.375 e. The first-order valence-electron chi connectivity index (χ1n) is 6.33. The minimum Gasteiger partial charge on any atom is -0.375 e. The standard InChI is InChI=1S/C14H18N2O2S/c1-10-9-18-11(2)8-16(10)14(17)13-6-5-12(19-13)4-3-7-15/h5-6,10-11H,7-9,15H2,1-2H3. The molecule has 19 heavy (non-hydrogen) atoms. The first-order chi connectivity index (χ1) is 9.11. The third-order valence-electron chi connectivity index (χ3n) is 3.00. The summed E-state index contributed by atoms with van der Waals surface area (Å²) in [4.78, 5) is 15.9. The average molecular weight is 278 g/mol. The lowest BCUT2D eigenvalue weighted by molar-refractivity contribution is -0.0385. The first-order valence-corrected chi connectivity index (χ1v) is 7.14. The van der Waals surface area contributed by atoms with Gasteiger partial charge in [-0.1, -0.05) is 11.8 Å². The Morgan fingerprint density at radius 2 is 2.37 bits per heavy atom. The molecule has 0 saturated carbocycles. The second-order valence-electron chi connectivity index (χ2n) is 4.62. The highest BCUT2D eigenvalue weighted by atomic mass is 32.1. The number of carbonyl (C=O) groups is 1. The van der Waals surface area contributed by atoms with Gasteiger partial charge in [0.2, 0.25) is 0 Å². The van der Waals surface area contributed by atoms with Gasteiger partial charge in [0.05, 0.1) is 35.1 Å². The van der Waals surface area contributed by atoms with E-state index in [1.165, 1.54) is 11.3 Å². The number of carbonyl (C=O) groups excluding carboxylic acids is 1. The maximum atomic E-state index is 12.5. The Balaban J connectivity index is 2.12. The molecular formula is C14H18N2O2S. The van der Waals surface area contributed by atoms with Crippen LogP contribution in [-0.2, 0) is 4.74 Å². The minimum absolute atomic E-state index is 0.0634. The summed E-state index contributed by atoms with van der Waals surface area (Å²) in [5.74, 6) is 5.81. The molecule has 0 radical (unpaired) electrons. The van der Waals surface area contributed by atoms with Crippen molar-refractivity contribution in [3.8, 4) is 11.8 Å². The molecule has 0 aromatic carbocycles. The second kappa shape index (κ2) is 6.20. The Bertz CT molecular complexity index is 515. The van der Waals surface area contributed by atoms with Crippen LogP contribution in [0, 0.1) is 11.8 Å². The summed E-state index contributed by atoms with van der Waals surface area (Å²) in [6.07, 6.45) is 0.0941. The van der Waals surface area contributed by atoms with E-state index in [0.717, 1.165) is 9.75 Å². The van der Waals surface area contributed by atoms with Gasteiger partial charge in [0.25, 0.3) is 5.91 Å². The number of amides is 1. The topological polar surface area (TPSA) is 55.6 Å². The van der Waals surface area contributed by atoms with Gasteiger partial charge >= 0.3 is 0 Å². The molecule has 2 unspecified atom stereocenters. The number of rotatable bonds is 1. The van der Waals surface area contributed by atoms with Crippen LogP contribution in [0.1, 0.15) is 28.4 Å². The SMILES string of the molecule is CC1CN(C(=O)c2ccc(C#CCN)s2)C(C)CO1. The molecule has 1 aliphatic heterocycles. The van der Waals surface area contributed by atoms with E-state index >= 15 is 0 Å². The lowest BCUT2D eigenvalue weighted by atomic mass is 10.2. The molecule has 1 saturated heterocycles. The smallest absolute Gasteiger partial charge is 0.264 e. The molecule has 4 nitrogen and oxygen atoms in total. The maximum absolute atomic E-state index is 12.5. The zero-order valence-electron chi connectivity index (χ0n) is 11.2. The molecule has 0 aliphatic carbocycles. The lowest BCUT2D eigenvalue weighted by Crippen LogP contribution is -2.50. The summed E-state index contributed by atoms with van der Waals surface area (Å²) in [5.41, 5.74) is 5.34. The van der Waals surface area contributed by atoms with Crippen LogP contribution in [-0.4, -0.2) is 42.6 Å². The normalized spacial score (nSPS) is 22.8. The Kier molecular flexibility index (Phi) is 4.59. The molecule has 2 N–H and O–H groups in total. The second-order valence-corrected chi connectivity index (χ2v) is 5.70. The minimum atomic E-state index is 0.0634. The van der Waals surface area contributed by atoms with Crippen molar-refractivity contribution < 1.29 is 9.53 Å². The molecule has 1 aliphatic rings. The molecule has 5 heteroatoms. The van der Waals surface area contributed by atoms with Crippen molar-refractivity contribution in [1.29, 1.82) is 0 Å². The van der Waals surface area contributed by atoms with Gasteiger partial charge in [0, 0.05) is 6.54 Å². The summed E-state index contributed by atoms with van der Waals surface area (Å²) in [6, 6.07) is 3.82. The number of nitrogens with zero attached hydrogens (tertiary/aromatic N) is 1. The highest BCUT2D eigenvalue weighted by Gasteiger charge is 2.28. The third kappa shape index (κ3) is 3.35. The van der Waals surface area contributed by atoms with E-state index < -0.39 is 0 Å². The van der Waals surface area contributed by atoms with Crippen LogP contribution in [0.5, 0.6) is 0 Å². The van der Waals surface area contributed by atoms with E-state index in [2.05, 4.69) is 11.8 Å². The fourth-order valence-corrected chi connectivity index (χ4v) is 2.82. The fourth-order valence-electron chi connectivity index (χ4n) is 1.99. The van der Waals surface area contributed by atoms with Crippen LogP contribution in [0.25, 0.3) is 0 Å². The summed E-state index contributed by atoms with van der Waals surface area (Å²) in [6.45, 7) is 5.56. The Morgan fingerprint density at radius 1 is 1.58 bits per heavy atom. The van der Waals surface area contributed by atoms with Gasteiger partial charge in [0.15, 0.2) is 0 Å². The first kappa shape index (κ1) is 14.1. The lowest BCUT2D eigenvalue weighted by Gasteiger charge is -2.36. The molecular weight excluding hydrogens is 260 g/mol. The molecule has 0 spiro atoms. The number of morpholine rings is 1. The molecule has 2 heterocycles. The van der Waals surface area contributed by atoms with Crippen LogP contribution in [0.15, 0.2) is 12.1 Å². The molecule has 1 aromatic rings. The van der Waals surface area contributed by atoms with E-state index in [1.54, 1.807) is 0 Å². The van der Waals surface area contributed by atoms with Gasteiger partial charge in [-0.15, -0.1) is 11.3 Å². The highest BCUT2D eigenvalue weighted by molar-refractivity contribution is 7.14.